The Balaban J connectivity index is 1.68. The van der Waals surface area contributed by atoms with Crippen LogP contribution in [-0.2, 0) is 6.42 Å². The zero-order valence-electron chi connectivity index (χ0n) is 12.0. The normalized spacial score (nSPS) is 10.4. The largest absolute Gasteiger partial charge is 0.296 e. The van der Waals surface area contributed by atoms with E-state index in [0.717, 1.165) is 11.3 Å². The van der Waals surface area contributed by atoms with E-state index >= 15 is 0 Å². The molecular weight excluding hydrogens is 296 g/mol. The molecule has 0 saturated heterocycles. The summed E-state index contributed by atoms with van der Waals surface area (Å²) in [7, 11) is 0. The minimum Gasteiger partial charge on any atom is -0.296 e. The number of carbonyl (C=O) groups is 1. The van der Waals surface area contributed by atoms with Gasteiger partial charge in [-0.1, -0.05) is 29.8 Å². The van der Waals surface area contributed by atoms with Crippen LogP contribution in [-0.4, -0.2) is 20.9 Å². The fraction of sp³-hybridized carbons (Fsp3) is 0.125. The van der Waals surface area contributed by atoms with E-state index in [-0.39, 0.29) is 11.6 Å². The molecule has 1 amide bonds. The van der Waals surface area contributed by atoms with Crippen LogP contribution in [0.4, 0.5) is 5.13 Å². The molecular formula is C16H14N4OS. The molecule has 1 aromatic carbocycles. The molecule has 0 spiro atoms. The van der Waals surface area contributed by atoms with Crippen LogP contribution >= 0.6 is 11.3 Å². The van der Waals surface area contributed by atoms with Gasteiger partial charge in [0, 0.05) is 29.9 Å². The number of amides is 1. The summed E-state index contributed by atoms with van der Waals surface area (Å²) in [5, 5.41) is 3.31. The summed E-state index contributed by atoms with van der Waals surface area (Å²) in [5.74, 6) is -0.301. The molecule has 2 heterocycles. The van der Waals surface area contributed by atoms with Gasteiger partial charge in [-0.15, -0.1) is 11.3 Å². The lowest BCUT2D eigenvalue weighted by molar-refractivity contribution is 0.102. The standard InChI is InChI=1S/C16H14N4OS/c1-11-3-2-4-12(7-11)8-13-9-19-16(22-13)20-15(21)14-10-17-5-6-18-14/h2-7,9-10H,8H2,1H3,(H,19,20,21). The van der Waals surface area contributed by atoms with E-state index < -0.39 is 0 Å². The number of hydrogen-bond acceptors (Lipinski definition) is 5. The lowest BCUT2D eigenvalue weighted by atomic mass is 10.1. The van der Waals surface area contributed by atoms with Crippen molar-refractivity contribution < 1.29 is 4.79 Å². The summed E-state index contributed by atoms with van der Waals surface area (Å²) in [6.45, 7) is 2.07. The first-order chi connectivity index (χ1) is 10.7. The second-order valence-corrected chi connectivity index (χ2v) is 5.96. The molecule has 1 N–H and O–H groups in total. The number of hydrogen-bond donors (Lipinski definition) is 1. The molecule has 0 unspecified atom stereocenters. The Bertz CT molecular complexity index is 786. The summed E-state index contributed by atoms with van der Waals surface area (Å²) in [6, 6.07) is 8.35. The van der Waals surface area contributed by atoms with Gasteiger partial charge in [-0.25, -0.2) is 9.97 Å². The highest BCUT2D eigenvalue weighted by atomic mass is 32.1. The number of benzene rings is 1. The van der Waals surface area contributed by atoms with Crippen LogP contribution < -0.4 is 5.32 Å². The first-order valence-electron chi connectivity index (χ1n) is 6.78. The Labute approximate surface area is 132 Å². The number of rotatable bonds is 4. The van der Waals surface area contributed by atoms with Gasteiger partial charge >= 0.3 is 0 Å². The molecule has 5 nitrogen and oxygen atoms in total. The molecule has 0 aliphatic heterocycles. The topological polar surface area (TPSA) is 67.8 Å². The summed E-state index contributed by atoms with van der Waals surface area (Å²) >= 11 is 1.47. The molecule has 110 valence electrons. The van der Waals surface area contributed by atoms with Crippen molar-refractivity contribution in [1.82, 2.24) is 15.0 Å². The van der Waals surface area contributed by atoms with Crippen molar-refractivity contribution in [1.29, 1.82) is 0 Å². The van der Waals surface area contributed by atoms with Gasteiger partial charge in [-0.2, -0.15) is 0 Å². The highest BCUT2D eigenvalue weighted by Gasteiger charge is 2.10. The maximum atomic E-state index is 12.0. The van der Waals surface area contributed by atoms with Crippen molar-refractivity contribution in [3.8, 4) is 0 Å². The minimum absolute atomic E-state index is 0.276. The number of nitrogens with one attached hydrogen (secondary N) is 1. The molecule has 0 radical (unpaired) electrons. The maximum absolute atomic E-state index is 12.0. The highest BCUT2D eigenvalue weighted by molar-refractivity contribution is 7.15. The molecule has 2 aromatic heterocycles. The molecule has 22 heavy (non-hydrogen) atoms. The monoisotopic (exact) mass is 310 g/mol. The highest BCUT2D eigenvalue weighted by Crippen LogP contribution is 2.21. The lowest BCUT2D eigenvalue weighted by Gasteiger charge is -2.00. The van der Waals surface area contributed by atoms with Crippen LogP contribution in [0.25, 0.3) is 0 Å². The molecule has 0 saturated carbocycles. The Hall–Kier alpha value is -2.60. The third-order valence-electron chi connectivity index (χ3n) is 3.03. The average molecular weight is 310 g/mol. The lowest BCUT2D eigenvalue weighted by Crippen LogP contribution is -2.13. The fourth-order valence-corrected chi connectivity index (χ4v) is 2.89. The first-order valence-corrected chi connectivity index (χ1v) is 7.60. The second-order valence-electron chi connectivity index (χ2n) is 4.84. The van der Waals surface area contributed by atoms with E-state index in [1.165, 1.54) is 41.1 Å². The van der Waals surface area contributed by atoms with Crippen LogP contribution in [0, 0.1) is 6.92 Å². The molecule has 0 aliphatic rings. The third kappa shape index (κ3) is 3.53. The molecule has 0 fully saturated rings. The van der Waals surface area contributed by atoms with Crippen LogP contribution in [0.5, 0.6) is 0 Å². The van der Waals surface area contributed by atoms with Crippen molar-refractivity contribution in [2.75, 3.05) is 5.32 Å². The molecule has 6 heteroatoms. The number of nitrogens with zero attached hydrogens (tertiary/aromatic N) is 3. The van der Waals surface area contributed by atoms with Gasteiger partial charge in [-0.05, 0) is 12.5 Å². The second kappa shape index (κ2) is 6.44. The number of aromatic nitrogens is 3. The Morgan fingerprint density at radius 3 is 2.91 bits per heavy atom. The van der Waals surface area contributed by atoms with Crippen LogP contribution in [0.1, 0.15) is 26.5 Å². The van der Waals surface area contributed by atoms with Crippen LogP contribution in [0.3, 0.4) is 0 Å². The van der Waals surface area contributed by atoms with Crippen molar-refractivity contribution >= 4 is 22.4 Å². The summed E-state index contributed by atoms with van der Waals surface area (Å²) in [6.07, 6.45) is 7.04. The SMILES string of the molecule is Cc1cccc(Cc2cnc(NC(=O)c3cnccn3)s2)c1. The smallest absolute Gasteiger partial charge is 0.277 e. The van der Waals surface area contributed by atoms with Gasteiger partial charge in [0.2, 0.25) is 0 Å². The molecule has 3 aromatic rings. The van der Waals surface area contributed by atoms with E-state index in [1.807, 2.05) is 6.07 Å². The van der Waals surface area contributed by atoms with Gasteiger partial charge in [0.25, 0.3) is 5.91 Å². The van der Waals surface area contributed by atoms with Crippen molar-refractivity contribution in [2.45, 2.75) is 13.3 Å². The van der Waals surface area contributed by atoms with Crippen LogP contribution in [0.2, 0.25) is 0 Å². The van der Waals surface area contributed by atoms with Gasteiger partial charge < -0.3 is 0 Å². The average Bonchev–Trinajstić information content (AvgIpc) is 2.95. The fourth-order valence-electron chi connectivity index (χ4n) is 2.05. The molecule has 0 aliphatic carbocycles. The number of thiazole rings is 1. The van der Waals surface area contributed by atoms with Gasteiger partial charge in [0.05, 0.1) is 6.20 Å². The zero-order valence-corrected chi connectivity index (χ0v) is 12.8. The van der Waals surface area contributed by atoms with Crippen molar-refractivity contribution in [3.63, 3.8) is 0 Å². The van der Waals surface area contributed by atoms with E-state index in [9.17, 15) is 4.79 Å². The number of anilines is 1. The molecule has 3 rings (SSSR count). The summed E-state index contributed by atoms with van der Waals surface area (Å²) < 4.78 is 0. The summed E-state index contributed by atoms with van der Waals surface area (Å²) in [5.41, 5.74) is 2.74. The van der Waals surface area contributed by atoms with Crippen molar-refractivity contribution in [3.05, 3.63) is 70.8 Å². The summed E-state index contributed by atoms with van der Waals surface area (Å²) in [4.78, 5) is 25.2. The van der Waals surface area contributed by atoms with Crippen molar-refractivity contribution in [2.24, 2.45) is 0 Å². The molecule has 0 bridgehead atoms. The van der Waals surface area contributed by atoms with E-state index in [4.69, 9.17) is 0 Å². The Kier molecular flexibility index (Phi) is 4.20. The minimum atomic E-state index is -0.301. The Morgan fingerprint density at radius 1 is 1.23 bits per heavy atom. The Morgan fingerprint density at radius 2 is 2.14 bits per heavy atom. The predicted octanol–water partition coefficient (Wildman–Crippen LogP) is 3.08. The van der Waals surface area contributed by atoms with E-state index in [1.54, 1.807) is 6.20 Å². The third-order valence-corrected chi connectivity index (χ3v) is 3.94. The quantitative estimate of drug-likeness (QED) is 0.804. The predicted molar refractivity (Wildman–Crippen MR) is 86.1 cm³/mol. The van der Waals surface area contributed by atoms with Gasteiger partial charge in [-0.3, -0.25) is 15.1 Å². The van der Waals surface area contributed by atoms with E-state index in [2.05, 4.69) is 45.4 Å². The zero-order chi connectivity index (χ0) is 15.4. The molecule has 0 atom stereocenters. The van der Waals surface area contributed by atoms with Gasteiger partial charge in [0.1, 0.15) is 5.69 Å². The first kappa shape index (κ1) is 14.3. The van der Waals surface area contributed by atoms with Gasteiger partial charge in [0.15, 0.2) is 5.13 Å². The van der Waals surface area contributed by atoms with Crippen LogP contribution in [0.15, 0.2) is 49.1 Å². The maximum Gasteiger partial charge on any atom is 0.277 e. The number of carbonyl (C=O) groups excluding carboxylic acids is 1. The van der Waals surface area contributed by atoms with E-state index in [0.29, 0.717) is 5.13 Å². The number of aryl methyl sites for hydroxylation is 1.